The van der Waals surface area contributed by atoms with E-state index < -0.39 is 12.5 Å². The Kier molecular flexibility index (Phi) is 2.06. The quantitative estimate of drug-likeness (QED) is 0.335. The second kappa shape index (κ2) is 2.40. The topological polar surface area (TPSA) is 17.1 Å². The normalized spacial score (nSPS) is 6.67. The van der Waals surface area contributed by atoms with Crippen LogP contribution in [-0.4, -0.2) is 6.04 Å². The number of carbonyl (C=O) groups is 1. The smallest absolute Gasteiger partial charge is 0.260 e. The molecule has 0 aromatic carbocycles. The summed E-state index contributed by atoms with van der Waals surface area (Å²) < 4.78 is 10.9. The summed E-state index contributed by atoms with van der Waals surface area (Å²) in [4.78, 5) is 9.23. The van der Waals surface area contributed by atoms with Gasteiger partial charge >= 0.3 is 6.04 Å². The van der Waals surface area contributed by atoms with Crippen molar-refractivity contribution in [2.45, 2.75) is 6.42 Å². The molecule has 0 bridgehead atoms. The van der Waals surface area contributed by atoms with E-state index in [2.05, 4.69) is 6.42 Å². The fourth-order valence-electron chi connectivity index (χ4n) is 0.0802. The molecule has 0 aromatic heterocycles. The van der Waals surface area contributed by atoms with Crippen molar-refractivity contribution in [3.63, 3.8) is 0 Å². The largest absolute Gasteiger partial charge is 0.313 e. The number of terminal acetylenes is 1. The number of carbonyl (C=O) groups excluding carboxylic acids is 1. The molecule has 0 rings (SSSR count). The number of rotatable bonds is 1. The van der Waals surface area contributed by atoms with Crippen molar-refractivity contribution in [3.05, 3.63) is 0 Å². The monoisotopic (exact) mass is 86.0 g/mol. The van der Waals surface area contributed by atoms with Gasteiger partial charge in [0.2, 0.25) is 0 Å². The number of halogens is 1. The van der Waals surface area contributed by atoms with Crippen LogP contribution in [0.3, 0.4) is 0 Å². The molecule has 6 heavy (non-hydrogen) atoms. The van der Waals surface area contributed by atoms with Gasteiger partial charge in [0.05, 0.1) is 6.42 Å². The Morgan fingerprint density at radius 2 is 2.50 bits per heavy atom. The summed E-state index contributed by atoms with van der Waals surface area (Å²) in [5.74, 6) is 1.84. The first kappa shape index (κ1) is 5.16. The maximum absolute atomic E-state index is 10.9. The number of hydrogen-bond acceptors (Lipinski definition) is 1. The van der Waals surface area contributed by atoms with E-state index in [-0.39, 0.29) is 0 Å². The Bertz CT molecular complexity index is 90.2. The lowest BCUT2D eigenvalue weighted by molar-refractivity contribution is -0.128. The summed E-state index contributed by atoms with van der Waals surface area (Å²) >= 11 is 0. The molecule has 0 unspecified atom stereocenters. The van der Waals surface area contributed by atoms with E-state index in [9.17, 15) is 9.18 Å². The molecule has 0 heterocycles. The molecule has 0 aliphatic rings. The summed E-state index contributed by atoms with van der Waals surface area (Å²) in [6, 6.07) is -1.45. The van der Waals surface area contributed by atoms with Gasteiger partial charge in [-0.25, -0.2) is 0 Å². The molecule has 0 N–H and O–H groups in total. The first-order chi connectivity index (χ1) is 2.77. The Hall–Kier alpha value is -0.840. The van der Waals surface area contributed by atoms with E-state index in [1.165, 1.54) is 0 Å². The molecule has 0 aliphatic heterocycles. The van der Waals surface area contributed by atoms with Crippen molar-refractivity contribution in [2.24, 2.45) is 0 Å². The van der Waals surface area contributed by atoms with Crippen LogP contribution in [0.15, 0.2) is 0 Å². The van der Waals surface area contributed by atoms with Gasteiger partial charge in [0.1, 0.15) is 0 Å². The minimum Gasteiger partial charge on any atom is -0.260 e. The average molecular weight is 86.1 g/mol. The van der Waals surface area contributed by atoms with E-state index in [4.69, 9.17) is 0 Å². The zero-order valence-electron chi connectivity index (χ0n) is 3.07. The van der Waals surface area contributed by atoms with Gasteiger partial charge in [-0.2, -0.15) is 4.39 Å². The van der Waals surface area contributed by atoms with E-state index >= 15 is 0 Å². The highest BCUT2D eigenvalue weighted by Crippen LogP contribution is 1.76. The second-order valence-electron chi connectivity index (χ2n) is 0.736. The van der Waals surface area contributed by atoms with Crippen molar-refractivity contribution >= 4 is 6.04 Å². The van der Waals surface area contributed by atoms with Crippen LogP contribution in [0.1, 0.15) is 6.42 Å². The fourth-order valence-corrected chi connectivity index (χ4v) is 0.0802. The van der Waals surface area contributed by atoms with Crippen molar-refractivity contribution in [1.29, 1.82) is 0 Å². The zero-order chi connectivity index (χ0) is 4.99. The Morgan fingerprint density at radius 3 is 2.50 bits per heavy atom. The van der Waals surface area contributed by atoms with Gasteiger partial charge in [-0.05, 0) is 0 Å². The third kappa shape index (κ3) is 3.16. The van der Waals surface area contributed by atoms with E-state index in [1.54, 1.807) is 0 Å². The standard InChI is InChI=1S/C4H3FO/c1-2-3-4(5)6/h1H,3H2. The molecule has 0 aromatic rings. The molecular weight excluding hydrogens is 83.0 g/mol. The lowest BCUT2D eigenvalue weighted by Crippen LogP contribution is -1.79. The Labute approximate surface area is 35.2 Å². The van der Waals surface area contributed by atoms with Crippen molar-refractivity contribution < 1.29 is 9.18 Å². The van der Waals surface area contributed by atoms with E-state index in [0.717, 1.165) is 0 Å². The predicted octanol–water partition coefficient (Wildman–Crippen LogP) is 0.506. The van der Waals surface area contributed by atoms with Gasteiger partial charge in [0, 0.05) is 0 Å². The molecule has 0 atom stereocenters. The summed E-state index contributed by atoms with van der Waals surface area (Å²) in [6.45, 7) is 0. The molecule has 0 fully saturated rings. The highest BCUT2D eigenvalue weighted by molar-refractivity contribution is 5.70. The first-order valence-corrected chi connectivity index (χ1v) is 1.39. The van der Waals surface area contributed by atoms with Crippen LogP contribution in [0.4, 0.5) is 4.39 Å². The number of hydrogen-bond donors (Lipinski definition) is 0. The summed E-state index contributed by atoms with van der Waals surface area (Å²) in [5, 5.41) is 0. The van der Waals surface area contributed by atoms with Crippen molar-refractivity contribution in [2.75, 3.05) is 0 Å². The molecule has 2 heteroatoms. The summed E-state index contributed by atoms with van der Waals surface area (Å²) in [7, 11) is 0. The van der Waals surface area contributed by atoms with Gasteiger partial charge in [-0.3, -0.25) is 4.79 Å². The fraction of sp³-hybridized carbons (Fsp3) is 0.250. The van der Waals surface area contributed by atoms with Crippen LogP contribution in [0.5, 0.6) is 0 Å². The molecule has 32 valence electrons. The van der Waals surface area contributed by atoms with Gasteiger partial charge in [-0.1, -0.05) is 5.92 Å². The molecule has 1 nitrogen and oxygen atoms in total. The highest BCUT2D eigenvalue weighted by Gasteiger charge is 1.87. The lowest BCUT2D eigenvalue weighted by Gasteiger charge is -1.67. The lowest BCUT2D eigenvalue weighted by atomic mass is 10.5. The highest BCUT2D eigenvalue weighted by atomic mass is 19.1. The third-order valence-corrected chi connectivity index (χ3v) is 0.241. The summed E-state index contributed by atoms with van der Waals surface area (Å²) in [5.41, 5.74) is 0. The first-order valence-electron chi connectivity index (χ1n) is 1.39. The molecule has 0 radical (unpaired) electrons. The van der Waals surface area contributed by atoms with Crippen LogP contribution >= 0.6 is 0 Å². The average Bonchev–Trinajstić information content (AvgIpc) is 1.35. The van der Waals surface area contributed by atoms with Gasteiger partial charge in [-0.15, -0.1) is 6.42 Å². The predicted molar refractivity (Wildman–Crippen MR) is 19.6 cm³/mol. The maximum Gasteiger partial charge on any atom is 0.313 e. The SMILES string of the molecule is C#CCC(=O)F. The molecule has 0 aliphatic carbocycles. The van der Waals surface area contributed by atoms with Crippen LogP contribution in [0.2, 0.25) is 0 Å². The van der Waals surface area contributed by atoms with Crippen LogP contribution in [-0.2, 0) is 4.79 Å². The summed E-state index contributed by atoms with van der Waals surface area (Å²) in [6.07, 6.45) is 4.12. The van der Waals surface area contributed by atoms with E-state index in [0.29, 0.717) is 0 Å². The minimum absolute atomic E-state index is 0.403. The van der Waals surface area contributed by atoms with Crippen molar-refractivity contribution in [1.82, 2.24) is 0 Å². The maximum atomic E-state index is 10.9. The van der Waals surface area contributed by atoms with Crippen LogP contribution < -0.4 is 0 Å². The van der Waals surface area contributed by atoms with Gasteiger partial charge in [0.15, 0.2) is 0 Å². The molecule has 0 saturated heterocycles. The van der Waals surface area contributed by atoms with E-state index in [1.807, 2.05) is 5.92 Å². The minimum atomic E-state index is -1.45. The van der Waals surface area contributed by atoms with Gasteiger partial charge in [0.25, 0.3) is 0 Å². The molecule has 0 saturated carbocycles. The van der Waals surface area contributed by atoms with Gasteiger partial charge < -0.3 is 0 Å². The zero-order valence-corrected chi connectivity index (χ0v) is 3.07. The molecule has 0 amide bonds. The molecular formula is C4H3FO. The Morgan fingerprint density at radius 1 is 2.00 bits per heavy atom. The van der Waals surface area contributed by atoms with Crippen LogP contribution in [0.25, 0.3) is 0 Å². The second-order valence-corrected chi connectivity index (χ2v) is 0.736. The Balaban J connectivity index is 3.13. The third-order valence-electron chi connectivity index (χ3n) is 0.241. The van der Waals surface area contributed by atoms with Crippen LogP contribution in [0, 0.1) is 12.3 Å². The van der Waals surface area contributed by atoms with Crippen molar-refractivity contribution in [3.8, 4) is 12.3 Å². The molecule has 0 spiro atoms.